The second-order valence-corrected chi connectivity index (χ2v) is 34.1. The van der Waals surface area contributed by atoms with Crippen LogP contribution in [-0.2, 0) is 65.4 Å². The van der Waals surface area contributed by atoms with Crippen molar-refractivity contribution in [2.75, 3.05) is 39.6 Å². The van der Waals surface area contributed by atoms with E-state index in [-0.39, 0.29) is 25.7 Å². The molecule has 0 aliphatic heterocycles. The van der Waals surface area contributed by atoms with Gasteiger partial charge in [-0.25, -0.2) is 9.13 Å². The predicted octanol–water partition coefficient (Wildman–Crippen LogP) is 24.4. The molecule has 0 amide bonds. The van der Waals surface area contributed by atoms with Crippen LogP contribution in [-0.4, -0.2) is 96.7 Å². The molecule has 0 radical (unpaired) electrons. The molecule has 101 heavy (non-hydrogen) atoms. The molecular weight excluding hydrogens is 1320 g/mol. The lowest BCUT2D eigenvalue weighted by molar-refractivity contribution is -0.161. The van der Waals surface area contributed by atoms with Crippen LogP contribution < -0.4 is 0 Å². The molecule has 0 aromatic heterocycles. The molecule has 17 nitrogen and oxygen atoms in total. The number of aliphatic hydroxyl groups is 1. The Bertz CT molecular complexity index is 1970. The molecule has 0 heterocycles. The summed E-state index contributed by atoms with van der Waals surface area (Å²) >= 11 is 0. The fraction of sp³-hybridized carbons (Fsp3) is 0.951. The summed E-state index contributed by atoms with van der Waals surface area (Å²) < 4.78 is 68.7. The highest BCUT2D eigenvalue weighted by atomic mass is 31.2. The van der Waals surface area contributed by atoms with E-state index in [0.29, 0.717) is 31.6 Å². The Hall–Kier alpha value is -1.94. The van der Waals surface area contributed by atoms with Gasteiger partial charge in [0.15, 0.2) is 12.2 Å². The third kappa shape index (κ3) is 74.7. The van der Waals surface area contributed by atoms with Crippen LogP contribution in [0.15, 0.2) is 0 Å². The zero-order valence-electron chi connectivity index (χ0n) is 66.5. The monoisotopic (exact) mass is 1480 g/mol. The summed E-state index contributed by atoms with van der Waals surface area (Å²) in [6.07, 6.45) is 58.4. The van der Waals surface area contributed by atoms with Crippen molar-refractivity contribution in [1.82, 2.24) is 0 Å². The van der Waals surface area contributed by atoms with E-state index in [1.807, 2.05) is 0 Å². The summed E-state index contributed by atoms with van der Waals surface area (Å²) in [5.41, 5.74) is 0. The Morgan fingerprint density at radius 2 is 0.475 bits per heavy atom. The first-order chi connectivity index (χ1) is 48.6. The Labute approximate surface area is 619 Å². The van der Waals surface area contributed by atoms with Crippen molar-refractivity contribution >= 4 is 39.5 Å². The topological polar surface area (TPSA) is 237 Å². The van der Waals surface area contributed by atoms with Crippen molar-refractivity contribution in [3.05, 3.63) is 0 Å². The second-order valence-electron chi connectivity index (χ2n) is 31.2. The van der Waals surface area contributed by atoms with Crippen molar-refractivity contribution in [1.29, 1.82) is 0 Å². The van der Waals surface area contributed by atoms with E-state index in [4.69, 9.17) is 37.0 Å². The average Bonchev–Trinajstić information content (AvgIpc) is 0.924. The number of carbonyl (C=O) groups is 4. The number of aliphatic hydroxyl groups excluding tert-OH is 1. The molecule has 0 fully saturated rings. The SMILES string of the molecule is CCC(C)CCCCCCCCCCCCC(=O)O[C@H](COC(=O)CCCCCCCCCCCCCCCCCCC(C)C)COP(=O)(O)OCC(O)COP(=O)(O)OC[C@@H](COC(=O)CCCCCCCCC(C)C)OC(=O)CCCCCCCCCCCCCCCCCCC(C)C. The molecule has 0 bridgehead atoms. The van der Waals surface area contributed by atoms with Gasteiger partial charge in [0, 0.05) is 25.7 Å². The van der Waals surface area contributed by atoms with Gasteiger partial charge in [0.25, 0.3) is 0 Å². The molecule has 0 saturated heterocycles. The van der Waals surface area contributed by atoms with E-state index >= 15 is 0 Å². The first-order valence-electron chi connectivity index (χ1n) is 42.2. The number of phosphoric acid groups is 2. The summed E-state index contributed by atoms with van der Waals surface area (Å²) in [6.45, 7) is 14.3. The third-order valence-electron chi connectivity index (χ3n) is 19.4. The van der Waals surface area contributed by atoms with Crippen molar-refractivity contribution in [2.24, 2.45) is 23.7 Å². The molecule has 0 aromatic carbocycles. The standard InChI is InChI=1S/C82H160O17P2/c1-9-75(8)61-53-45-36-30-26-27-33-39-49-57-65-82(87)98-77(68-92-79(84)62-54-46-37-31-24-20-16-12-10-14-18-22-28-34-42-50-58-72(2)3)70-96-100(88,89)94-66-76(83)67-95-101(90,91)97-71-78(69-93-80(85)63-55-47-41-40-44-52-60-74(6)7)99-81(86)64-56-48-38-32-25-21-17-13-11-15-19-23-29-35-43-51-59-73(4)5/h72-78,83H,9-71H2,1-8H3,(H,88,89)(H,90,91)/t75?,76?,77-,78-/m1/s1. The lowest BCUT2D eigenvalue weighted by Gasteiger charge is -2.21. The van der Waals surface area contributed by atoms with Gasteiger partial charge in [-0.05, 0) is 49.4 Å². The lowest BCUT2D eigenvalue weighted by atomic mass is 9.99. The molecule has 0 aliphatic carbocycles. The molecule has 600 valence electrons. The maximum absolute atomic E-state index is 13.1. The largest absolute Gasteiger partial charge is 0.472 e. The molecule has 6 atom stereocenters. The van der Waals surface area contributed by atoms with Gasteiger partial charge >= 0.3 is 39.5 Å². The van der Waals surface area contributed by atoms with Crippen LogP contribution >= 0.6 is 15.6 Å². The van der Waals surface area contributed by atoms with E-state index in [2.05, 4.69) is 55.4 Å². The molecule has 4 unspecified atom stereocenters. The summed E-state index contributed by atoms with van der Waals surface area (Å²) in [6, 6.07) is 0. The van der Waals surface area contributed by atoms with Gasteiger partial charge in [-0.2, -0.15) is 0 Å². The van der Waals surface area contributed by atoms with Crippen LogP contribution in [0.1, 0.15) is 421 Å². The maximum atomic E-state index is 13.1. The summed E-state index contributed by atoms with van der Waals surface area (Å²) in [5, 5.41) is 10.6. The zero-order valence-corrected chi connectivity index (χ0v) is 68.3. The van der Waals surface area contributed by atoms with Gasteiger partial charge in [0.05, 0.1) is 26.4 Å². The summed E-state index contributed by atoms with van der Waals surface area (Å²) in [5.74, 6) is 0.989. The van der Waals surface area contributed by atoms with Crippen LogP contribution in [0.5, 0.6) is 0 Å². The minimum Gasteiger partial charge on any atom is -0.462 e. The van der Waals surface area contributed by atoms with E-state index in [1.165, 1.54) is 218 Å². The average molecular weight is 1480 g/mol. The first kappa shape index (κ1) is 99.1. The van der Waals surface area contributed by atoms with E-state index in [0.717, 1.165) is 114 Å². The number of ether oxygens (including phenoxy) is 4. The molecule has 0 aliphatic rings. The minimum atomic E-state index is -4.96. The Morgan fingerprint density at radius 3 is 0.703 bits per heavy atom. The van der Waals surface area contributed by atoms with E-state index in [9.17, 15) is 43.2 Å². The third-order valence-corrected chi connectivity index (χ3v) is 21.3. The van der Waals surface area contributed by atoms with Gasteiger partial charge in [-0.3, -0.25) is 37.3 Å². The number of esters is 4. The highest BCUT2D eigenvalue weighted by Crippen LogP contribution is 2.45. The number of phosphoric ester groups is 2. The zero-order chi connectivity index (χ0) is 74.6. The fourth-order valence-corrected chi connectivity index (χ4v) is 14.2. The number of hydrogen-bond acceptors (Lipinski definition) is 15. The minimum absolute atomic E-state index is 0.106. The Morgan fingerprint density at radius 1 is 0.277 bits per heavy atom. The molecule has 0 saturated carbocycles. The molecular formula is C82H160O17P2. The summed E-state index contributed by atoms with van der Waals surface area (Å²) in [4.78, 5) is 73.0. The highest BCUT2D eigenvalue weighted by Gasteiger charge is 2.30. The van der Waals surface area contributed by atoms with Crippen molar-refractivity contribution < 1.29 is 80.2 Å². The van der Waals surface area contributed by atoms with Crippen LogP contribution in [0.4, 0.5) is 0 Å². The van der Waals surface area contributed by atoms with Crippen LogP contribution in [0, 0.1) is 23.7 Å². The molecule has 0 rings (SSSR count). The molecule has 19 heteroatoms. The summed E-state index contributed by atoms with van der Waals surface area (Å²) in [7, 11) is -9.92. The van der Waals surface area contributed by atoms with Gasteiger partial charge < -0.3 is 33.8 Å². The number of unbranched alkanes of at least 4 members (excludes halogenated alkanes) is 44. The number of hydrogen-bond donors (Lipinski definition) is 3. The Balaban J connectivity index is 5.20. The van der Waals surface area contributed by atoms with Crippen LogP contribution in [0.2, 0.25) is 0 Å². The molecule has 3 N–H and O–H groups in total. The van der Waals surface area contributed by atoms with Crippen molar-refractivity contribution in [3.8, 4) is 0 Å². The smallest absolute Gasteiger partial charge is 0.462 e. The molecule has 0 spiro atoms. The quantitative estimate of drug-likeness (QED) is 0.0222. The second kappa shape index (κ2) is 71.0. The first-order valence-corrected chi connectivity index (χ1v) is 45.2. The van der Waals surface area contributed by atoms with Gasteiger partial charge in [0.1, 0.15) is 19.3 Å². The van der Waals surface area contributed by atoms with Crippen LogP contribution in [0.25, 0.3) is 0 Å². The van der Waals surface area contributed by atoms with Gasteiger partial charge in [-0.15, -0.1) is 0 Å². The van der Waals surface area contributed by atoms with Crippen molar-refractivity contribution in [2.45, 2.75) is 440 Å². The van der Waals surface area contributed by atoms with Gasteiger partial charge in [-0.1, -0.05) is 370 Å². The fourth-order valence-electron chi connectivity index (χ4n) is 12.6. The highest BCUT2D eigenvalue weighted by molar-refractivity contribution is 7.47. The predicted molar refractivity (Wildman–Crippen MR) is 414 cm³/mol. The maximum Gasteiger partial charge on any atom is 0.472 e. The number of rotatable bonds is 79. The number of carbonyl (C=O) groups excluding carboxylic acids is 4. The molecule has 0 aromatic rings. The van der Waals surface area contributed by atoms with Crippen molar-refractivity contribution in [3.63, 3.8) is 0 Å². The lowest BCUT2D eigenvalue weighted by Crippen LogP contribution is -2.30. The van der Waals surface area contributed by atoms with Gasteiger partial charge in [0.2, 0.25) is 0 Å². The van der Waals surface area contributed by atoms with Crippen LogP contribution in [0.3, 0.4) is 0 Å². The van der Waals surface area contributed by atoms with E-state index < -0.39 is 97.5 Å². The van der Waals surface area contributed by atoms with E-state index in [1.54, 1.807) is 0 Å². The normalized spacial score (nSPS) is 14.3. The Kier molecular flexibility index (Phi) is 69.6.